The molecule has 0 radical (unpaired) electrons. The molecule has 0 saturated heterocycles. The molecule has 0 heterocycles. The lowest BCUT2D eigenvalue weighted by Crippen LogP contribution is -1.85. The molecule has 3 heteroatoms. The molecule has 0 bridgehead atoms. The summed E-state index contributed by atoms with van der Waals surface area (Å²) in [7, 11) is 0. The van der Waals surface area contributed by atoms with Gasteiger partial charge in [0.1, 0.15) is 0 Å². The second-order valence-electron chi connectivity index (χ2n) is 3.87. The Morgan fingerprint density at radius 2 is 1.71 bits per heavy atom. The Labute approximate surface area is 110 Å². The van der Waals surface area contributed by atoms with E-state index in [-0.39, 0.29) is 5.34 Å². The van der Waals surface area contributed by atoms with Gasteiger partial charge in [-0.2, -0.15) is 0 Å². The number of carbonyl (C=O) groups is 1. The van der Waals surface area contributed by atoms with Gasteiger partial charge in [-0.1, -0.05) is 30.3 Å². The van der Waals surface area contributed by atoms with Crippen molar-refractivity contribution in [1.29, 1.82) is 0 Å². The first kappa shape index (κ1) is 12.4. The second-order valence-corrected chi connectivity index (χ2v) is 4.68. The van der Waals surface area contributed by atoms with Crippen LogP contribution in [0.25, 0.3) is 10.8 Å². The maximum absolute atomic E-state index is 10.9. The SMILES string of the molecule is ClCCl.O=Cc1ccc2c3c(cccc13)CC2. The monoisotopic (exact) mass is 266 g/mol. The number of carbonyl (C=O) groups excluding carboxylic acids is 1. The van der Waals surface area contributed by atoms with Crippen molar-refractivity contribution in [3.8, 4) is 0 Å². The molecule has 0 aliphatic heterocycles. The standard InChI is InChI=1S/C13H10O.CH2Cl2/c14-8-11-7-6-10-5-4-9-2-1-3-12(11)13(9)10;2-1-3/h1-3,6-8H,4-5H2;1H2. The minimum atomic E-state index is 0.194. The van der Waals surface area contributed by atoms with E-state index >= 15 is 0 Å². The van der Waals surface area contributed by atoms with Crippen LogP contribution in [0.2, 0.25) is 0 Å². The number of halogens is 2. The Balaban J connectivity index is 0.000000329. The average molecular weight is 267 g/mol. The summed E-state index contributed by atoms with van der Waals surface area (Å²) in [4.78, 5) is 10.9. The van der Waals surface area contributed by atoms with Crippen molar-refractivity contribution < 1.29 is 4.79 Å². The van der Waals surface area contributed by atoms with Crippen LogP contribution in [-0.2, 0) is 12.8 Å². The summed E-state index contributed by atoms with van der Waals surface area (Å²) in [6.07, 6.45) is 3.19. The van der Waals surface area contributed by atoms with Crippen LogP contribution in [-0.4, -0.2) is 11.6 Å². The minimum absolute atomic E-state index is 0.194. The van der Waals surface area contributed by atoms with E-state index < -0.39 is 0 Å². The highest BCUT2D eigenvalue weighted by molar-refractivity contribution is 6.40. The molecule has 0 N–H and O–H groups in total. The van der Waals surface area contributed by atoms with Crippen LogP contribution < -0.4 is 0 Å². The topological polar surface area (TPSA) is 17.1 Å². The maximum atomic E-state index is 10.9. The third-order valence-electron chi connectivity index (χ3n) is 3.04. The lowest BCUT2D eigenvalue weighted by atomic mass is 10.0. The fourth-order valence-corrected chi connectivity index (χ4v) is 2.37. The third-order valence-corrected chi connectivity index (χ3v) is 3.04. The summed E-state index contributed by atoms with van der Waals surface area (Å²) >= 11 is 9.53. The van der Waals surface area contributed by atoms with Crippen LogP contribution >= 0.6 is 23.2 Å². The molecule has 1 nitrogen and oxygen atoms in total. The van der Waals surface area contributed by atoms with Crippen molar-refractivity contribution >= 4 is 40.3 Å². The van der Waals surface area contributed by atoms with Gasteiger partial charge >= 0.3 is 0 Å². The number of rotatable bonds is 1. The van der Waals surface area contributed by atoms with Gasteiger partial charge in [0.2, 0.25) is 0 Å². The largest absolute Gasteiger partial charge is 0.298 e. The van der Waals surface area contributed by atoms with Crippen molar-refractivity contribution in [3.63, 3.8) is 0 Å². The molecule has 2 aromatic rings. The zero-order valence-corrected chi connectivity index (χ0v) is 10.8. The van der Waals surface area contributed by atoms with Gasteiger partial charge < -0.3 is 0 Å². The molecule has 1 aliphatic rings. The predicted octanol–water partition coefficient (Wildman–Crippen LogP) is 4.17. The molecule has 3 rings (SSSR count). The van der Waals surface area contributed by atoms with Gasteiger partial charge in [0.15, 0.2) is 6.29 Å². The van der Waals surface area contributed by atoms with Gasteiger partial charge in [0.05, 0.1) is 5.34 Å². The zero-order chi connectivity index (χ0) is 12.3. The molecule has 0 unspecified atom stereocenters. The van der Waals surface area contributed by atoms with Crippen LogP contribution in [0.15, 0.2) is 30.3 Å². The normalized spacial score (nSPS) is 12.1. The number of benzene rings is 2. The summed E-state index contributed by atoms with van der Waals surface area (Å²) in [6, 6.07) is 10.3. The quantitative estimate of drug-likeness (QED) is 0.559. The van der Waals surface area contributed by atoms with E-state index in [1.165, 1.54) is 16.5 Å². The van der Waals surface area contributed by atoms with Crippen molar-refractivity contribution in [2.24, 2.45) is 0 Å². The van der Waals surface area contributed by atoms with Crippen molar-refractivity contribution in [2.75, 3.05) is 5.34 Å². The molecular formula is C14H12Cl2O. The lowest BCUT2D eigenvalue weighted by Gasteiger charge is -2.03. The van der Waals surface area contributed by atoms with E-state index in [1.807, 2.05) is 18.2 Å². The molecule has 88 valence electrons. The number of aldehydes is 1. The van der Waals surface area contributed by atoms with Gasteiger partial charge in [-0.15, -0.1) is 23.2 Å². The first-order chi connectivity index (χ1) is 8.31. The molecule has 0 amide bonds. The van der Waals surface area contributed by atoms with Crippen LogP contribution in [0.3, 0.4) is 0 Å². The van der Waals surface area contributed by atoms with Crippen LogP contribution in [0, 0.1) is 0 Å². The smallest absolute Gasteiger partial charge is 0.150 e. The first-order valence-electron chi connectivity index (χ1n) is 5.42. The fourth-order valence-electron chi connectivity index (χ4n) is 2.37. The van der Waals surface area contributed by atoms with Gasteiger partial charge in [-0.3, -0.25) is 4.79 Å². The summed E-state index contributed by atoms with van der Waals surface area (Å²) in [5.74, 6) is 0. The highest BCUT2D eigenvalue weighted by Gasteiger charge is 2.14. The van der Waals surface area contributed by atoms with Gasteiger partial charge in [0.25, 0.3) is 0 Å². The summed E-state index contributed by atoms with van der Waals surface area (Å²) in [6.45, 7) is 0. The molecule has 0 saturated carbocycles. The van der Waals surface area contributed by atoms with Gasteiger partial charge in [-0.05, 0) is 34.7 Å². The fraction of sp³-hybridized carbons (Fsp3) is 0.214. The molecule has 17 heavy (non-hydrogen) atoms. The van der Waals surface area contributed by atoms with Crippen molar-refractivity contribution in [2.45, 2.75) is 12.8 Å². The summed E-state index contributed by atoms with van der Waals surface area (Å²) in [5, 5.41) is 2.63. The Morgan fingerprint density at radius 1 is 1.06 bits per heavy atom. The third kappa shape index (κ3) is 2.31. The number of hydrogen-bond acceptors (Lipinski definition) is 1. The number of alkyl halides is 2. The number of hydrogen-bond donors (Lipinski definition) is 0. The molecule has 1 aliphatic carbocycles. The van der Waals surface area contributed by atoms with E-state index in [1.54, 1.807) is 0 Å². The van der Waals surface area contributed by atoms with Crippen LogP contribution in [0.5, 0.6) is 0 Å². The van der Waals surface area contributed by atoms with E-state index in [9.17, 15) is 4.79 Å². The molecule has 2 aromatic carbocycles. The predicted molar refractivity (Wildman–Crippen MR) is 73.3 cm³/mol. The summed E-state index contributed by atoms with van der Waals surface area (Å²) < 4.78 is 0. The second kappa shape index (κ2) is 5.52. The van der Waals surface area contributed by atoms with Crippen molar-refractivity contribution in [3.05, 3.63) is 47.0 Å². The van der Waals surface area contributed by atoms with Crippen molar-refractivity contribution in [1.82, 2.24) is 0 Å². The Morgan fingerprint density at radius 3 is 2.35 bits per heavy atom. The molecule has 0 aromatic heterocycles. The average Bonchev–Trinajstić information content (AvgIpc) is 2.77. The maximum Gasteiger partial charge on any atom is 0.150 e. The van der Waals surface area contributed by atoms with Gasteiger partial charge in [0, 0.05) is 5.56 Å². The Hall–Kier alpha value is -1.05. The molecule has 0 atom stereocenters. The highest BCUT2D eigenvalue weighted by Crippen LogP contribution is 2.31. The van der Waals surface area contributed by atoms with E-state index in [0.29, 0.717) is 0 Å². The Kier molecular flexibility index (Phi) is 4.03. The number of aryl methyl sites for hydroxylation is 2. The van der Waals surface area contributed by atoms with E-state index in [2.05, 4.69) is 12.1 Å². The zero-order valence-electron chi connectivity index (χ0n) is 9.25. The molecule has 0 fully saturated rings. The molecule has 0 spiro atoms. The van der Waals surface area contributed by atoms with Gasteiger partial charge in [-0.25, -0.2) is 0 Å². The van der Waals surface area contributed by atoms with Crippen LogP contribution in [0.4, 0.5) is 0 Å². The van der Waals surface area contributed by atoms with E-state index in [4.69, 9.17) is 23.2 Å². The summed E-state index contributed by atoms with van der Waals surface area (Å²) in [5.41, 5.74) is 3.59. The van der Waals surface area contributed by atoms with E-state index in [0.717, 1.165) is 30.1 Å². The Bertz CT molecular complexity index is 539. The minimum Gasteiger partial charge on any atom is -0.298 e. The highest BCUT2D eigenvalue weighted by atomic mass is 35.5. The lowest BCUT2D eigenvalue weighted by molar-refractivity contribution is 0.112. The first-order valence-corrected chi connectivity index (χ1v) is 6.49. The van der Waals surface area contributed by atoms with Crippen LogP contribution in [0.1, 0.15) is 21.5 Å². The molecular weight excluding hydrogens is 255 g/mol.